The fourth-order valence-electron chi connectivity index (χ4n) is 8.38. The van der Waals surface area contributed by atoms with E-state index in [9.17, 15) is 24.8 Å². The first-order valence-electron chi connectivity index (χ1n) is 14.5. The van der Waals surface area contributed by atoms with E-state index in [-0.39, 0.29) is 29.2 Å². The zero-order valence-corrected chi connectivity index (χ0v) is 22.9. The van der Waals surface area contributed by atoms with Crippen molar-refractivity contribution in [3.05, 3.63) is 64.2 Å². The molecule has 222 valence electrons. The molecule has 8 rings (SSSR count). The Labute approximate surface area is 241 Å². The number of hydrogen-bond donors (Lipinski definition) is 2. The summed E-state index contributed by atoms with van der Waals surface area (Å²) in [6, 6.07) is 12.4. The second-order valence-corrected chi connectivity index (χ2v) is 12.5. The minimum Gasteiger partial charge on any atom is -0.465 e. The van der Waals surface area contributed by atoms with Crippen LogP contribution >= 0.6 is 0 Å². The highest BCUT2D eigenvalue weighted by Gasteiger charge is 2.70. The molecule has 12 heteroatoms. The molecular formula is C30H32N2O10. The Bertz CT molecular complexity index is 1380. The molecule has 6 fully saturated rings. The van der Waals surface area contributed by atoms with Gasteiger partial charge in [-0.3, -0.25) is 10.1 Å². The van der Waals surface area contributed by atoms with Crippen LogP contribution in [-0.2, 0) is 14.5 Å². The van der Waals surface area contributed by atoms with Gasteiger partial charge >= 0.3 is 12.2 Å². The van der Waals surface area contributed by atoms with E-state index in [0.29, 0.717) is 30.9 Å². The summed E-state index contributed by atoms with van der Waals surface area (Å²) >= 11 is 0. The molecule has 2 unspecified atom stereocenters. The molecule has 5 saturated carbocycles. The van der Waals surface area contributed by atoms with Gasteiger partial charge in [-0.2, -0.15) is 9.78 Å². The quantitative estimate of drug-likeness (QED) is 0.140. The average molecular weight is 581 g/mol. The summed E-state index contributed by atoms with van der Waals surface area (Å²) in [6.07, 6.45) is 5.46. The SMILES string of the molecule is O=C(O)NC12CC3C[C@H](C1)[C@]1(OO[C@@]4(CCC[C@@H](c5ccc(OC(=O)Oc6ccc([N+](=O)[O-])cc6)cc5)C4)O1)[C@@H](C3)C2. The van der Waals surface area contributed by atoms with Crippen molar-refractivity contribution in [2.45, 2.75) is 80.8 Å². The van der Waals surface area contributed by atoms with E-state index in [1.54, 1.807) is 12.1 Å². The van der Waals surface area contributed by atoms with Crippen molar-refractivity contribution in [3.8, 4) is 11.5 Å². The molecule has 2 spiro atoms. The lowest BCUT2D eigenvalue weighted by molar-refractivity contribution is -0.391. The number of carbonyl (C=O) groups is 2. The molecule has 4 bridgehead atoms. The Morgan fingerprint density at radius 2 is 1.57 bits per heavy atom. The molecule has 2 aromatic rings. The predicted molar refractivity (Wildman–Crippen MR) is 144 cm³/mol. The summed E-state index contributed by atoms with van der Waals surface area (Å²) in [5.74, 6) is -0.455. The maximum absolute atomic E-state index is 12.2. The Morgan fingerprint density at radius 3 is 2.19 bits per heavy atom. The summed E-state index contributed by atoms with van der Waals surface area (Å²) < 4.78 is 17.3. The molecule has 0 radical (unpaired) electrons. The molecule has 1 heterocycles. The highest BCUT2D eigenvalue weighted by atomic mass is 17.3. The highest BCUT2D eigenvalue weighted by molar-refractivity contribution is 5.67. The molecule has 7 atom stereocenters. The molecule has 2 N–H and O–H groups in total. The maximum atomic E-state index is 12.2. The van der Waals surface area contributed by atoms with Crippen LogP contribution in [0, 0.1) is 27.9 Å². The number of non-ortho nitro benzene ring substituents is 1. The number of nitro benzene ring substituents is 1. The Kier molecular flexibility index (Phi) is 6.41. The van der Waals surface area contributed by atoms with Crippen LogP contribution in [-0.4, -0.2) is 39.4 Å². The number of carbonyl (C=O) groups excluding carboxylic acids is 1. The first kappa shape index (κ1) is 27.1. The fourth-order valence-corrected chi connectivity index (χ4v) is 8.38. The van der Waals surface area contributed by atoms with E-state index in [0.717, 1.165) is 44.1 Å². The van der Waals surface area contributed by atoms with Crippen LogP contribution < -0.4 is 14.8 Å². The normalized spacial score (nSPS) is 36.2. The van der Waals surface area contributed by atoms with Crippen molar-refractivity contribution in [2.24, 2.45) is 17.8 Å². The summed E-state index contributed by atoms with van der Waals surface area (Å²) in [6.45, 7) is 0. The Morgan fingerprint density at radius 1 is 0.929 bits per heavy atom. The second-order valence-electron chi connectivity index (χ2n) is 12.5. The Hall–Kier alpha value is -3.74. The standard InChI is InChI=1S/C30H32N2O10/c33-26(34)31-28-14-18-12-21(16-28)30(22(13-18)17-28)40-29(41-42-30)11-1-2-20(15-29)19-3-7-24(8-4-19)38-27(35)39-25-9-5-23(6-10-25)32(36)37/h3-10,18,20-22,31H,1-2,11-17H2,(H,33,34)/t18?,20-,21-,22+,28?,29-,30+/m1/s1. The van der Waals surface area contributed by atoms with E-state index in [1.165, 1.54) is 24.3 Å². The first-order valence-corrected chi connectivity index (χ1v) is 14.5. The lowest BCUT2D eigenvalue weighted by Crippen LogP contribution is -2.68. The first-order chi connectivity index (χ1) is 20.1. The number of benzene rings is 2. The van der Waals surface area contributed by atoms with Crippen LogP contribution in [0.4, 0.5) is 15.3 Å². The van der Waals surface area contributed by atoms with Crippen molar-refractivity contribution in [1.29, 1.82) is 0 Å². The summed E-state index contributed by atoms with van der Waals surface area (Å²) in [7, 11) is 0. The number of nitrogens with zero attached hydrogens (tertiary/aromatic N) is 1. The van der Waals surface area contributed by atoms with Gasteiger partial charge in [0.15, 0.2) is 0 Å². The molecule has 1 saturated heterocycles. The van der Waals surface area contributed by atoms with E-state index >= 15 is 0 Å². The zero-order valence-electron chi connectivity index (χ0n) is 22.9. The van der Waals surface area contributed by atoms with Gasteiger partial charge in [-0.15, -0.1) is 0 Å². The van der Waals surface area contributed by atoms with E-state index in [2.05, 4.69) is 5.32 Å². The van der Waals surface area contributed by atoms with Gasteiger partial charge < -0.3 is 24.6 Å². The molecule has 42 heavy (non-hydrogen) atoms. The van der Waals surface area contributed by atoms with Crippen molar-refractivity contribution in [3.63, 3.8) is 0 Å². The van der Waals surface area contributed by atoms with Crippen molar-refractivity contribution >= 4 is 17.9 Å². The number of rotatable bonds is 5. The minimum absolute atomic E-state index is 0.0811. The number of carboxylic acid groups (broad SMARTS) is 1. The maximum Gasteiger partial charge on any atom is 0.519 e. The van der Waals surface area contributed by atoms with Crippen LogP contribution in [0.2, 0.25) is 0 Å². The van der Waals surface area contributed by atoms with E-state index in [1.807, 2.05) is 12.1 Å². The largest absolute Gasteiger partial charge is 0.519 e. The van der Waals surface area contributed by atoms with Gasteiger partial charge in [0.1, 0.15) is 11.5 Å². The van der Waals surface area contributed by atoms with Crippen LogP contribution in [0.15, 0.2) is 48.5 Å². The molecule has 1 amide bonds. The topological polar surface area (TPSA) is 156 Å². The van der Waals surface area contributed by atoms with Gasteiger partial charge in [0.2, 0.25) is 11.6 Å². The van der Waals surface area contributed by atoms with E-state index in [4.69, 9.17) is 24.0 Å². The molecule has 1 aliphatic heterocycles. The third kappa shape index (κ3) is 4.77. The van der Waals surface area contributed by atoms with Crippen molar-refractivity contribution in [2.75, 3.05) is 0 Å². The monoisotopic (exact) mass is 580 g/mol. The smallest absolute Gasteiger partial charge is 0.465 e. The van der Waals surface area contributed by atoms with Gasteiger partial charge in [-0.25, -0.2) is 9.59 Å². The highest BCUT2D eigenvalue weighted by Crippen LogP contribution is 2.65. The number of hydrogen-bond acceptors (Lipinski definition) is 9. The summed E-state index contributed by atoms with van der Waals surface area (Å²) in [4.78, 5) is 46.3. The van der Waals surface area contributed by atoms with Gasteiger partial charge in [0.05, 0.1) is 4.92 Å². The van der Waals surface area contributed by atoms with Crippen molar-refractivity contribution < 1.29 is 43.6 Å². The van der Waals surface area contributed by atoms with Gasteiger partial charge in [0.25, 0.3) is 5.69 Å². The summed E-state index contributed by atoms with van der Waals surface area (Å²) in [5.41, 5.74) is 0.557. The number of nitro groups is 1. The van der Waals surface area contributed by atoms with Gasteiger partial charge in [-0.1, -0.05) is 12.1 Å². The molecule has 12 nitrogen and oxygen atoms in total. The lowest BCUT2D eigenvalue weighted by Gasteiger charge is -2.61. The molecule has 0 aromatic heterocycles. The minimum atomic E-state index is -0.972. The summed E-state index contributed by atoms with van der Waals surface area (Å²) in [5, 5.41) is 23.1. The second kappa shape index (κ2) is 9.92. The number of nitrogens with one attached hydrogen (secondary N) is 1. The predicted octanol–water partition coefficient (Wildman–Crippen LogP) is 6.05. The van der Waals surface area contributed by atoms with Crippen molar-refractivity contribution in [1.82, 2.24) is 5.32 Å². The van der Waals surface area contributed by atoms with Crippen LogP contribution in [0.25, 0.3) is 0 Å². The third-order valence-electron chi connectivity index (χ3n) is 9.84. The van der Waals surface area contributed by atoms with E-state index < -0.39 is 34.3 Å². The lowest BCUT2D eigenvalue weighted by atomic mass is 9.50. The number of amides is 1. The molecule has 5 aliphatic carbocycles. The van der Waals surface area contributed by atoms with Crippen LogP contribution in [0.3, 0.4) is 0 Å². The van der Waals surface area contributed by atoms with Crippen LogP contribution in [0.5, 0.6) is 11.5 Å². The molecule has 2 aromatic carbocycles. The van der Waals surface area contributed by atoms with Gasteiger partial charge in [0, 0.05) is 42.3 Å². The molecule has 6 aliphatic rings. The molecular weight excluding hydrogens is 548 g/mol. The van der Waals surface area contributed by atoms with Crippen LogP contribution in [0.1, 0.15) is 69.3 Å². The number of ether oxygens (including phenoxy) is 3. The zero-order chi connectivity index (χ0) is 29.1. The van der Waals surface area contributed by atoms with Gasteiger partial charge in [-0.05, 0) is 86.6 Å². The fraction of sp³-hybridized carbons (Fsp3) is 0.533. The Balaban J connectivity index is 0.990. The third-order valence-corrected chi connectivity index (χ3v) is 9.84. The average Bonchev–Trinajstić information content (AvgIpc) is 3.30.